The molecule has 0 saturated carbocycles. The van der Waals surface area contributed by atoms with Crippen molar-refractivity contribution < 1.29 is 27.5 Å². The van der Waals surface area contributed by atoms with E-state index in [4.69, 9.17) is 9.15 Å². The Hall–Kier alpha value is -4.18. The second-order valence-electron chi connectivity index (χ2n) is 7.74. The molecular formula is C25H16F2N2O5S. The number of hydrogen-bond acceptors (Lipinski definition) is 7. The highest BCUT2D eigenvalue weighted by Gasteiger charge is 2.45. The van der Waals surface area contributed by atoms with Crippen LogP contribution in [-0.4, -0.2) is 23.5 Å². The molecule has 10 heteroatoms. The van der Waals surface area contributed by atoms with Gasteiger partial charge in [0.2, 0.25) is 5.76 Å². The molecule has 0 radical (unpaired) electrons. The van der Waals surface area contributed by atoms with Crippen molar-refractivity contribution in [2.75, 3.05) is 11.5 Å². The smallest absolute Gasteiger partial charge is 0.350 e. The highest BCUT2D eigenvalue weighted by molar-refractivity contribution is 7.17. The van der Waals surface area contributed by atoms with Crippen molar-refractivity contribution in [3.05, 3.63) is 104 Å². The van der Waals surface area contributed by atoms with E-state index in [-0.39, 0.29) is 38.9 Å². The third-order valence-corrected chi connectivity index (χ3v) is 6.66. The van der Waals surface area contributed by atoms with E-state index in [0.29, 0.717) is 11.3 Å². The number of anilines is 1. The number of aromatic nitrogens is 1. The first-order chi connectivity index (χ1) is 16.8. The number of esters is 1. The van der Waals surface area contributed by atoms with Crippen LogP contribution in [0.3, 0.4) is 0 Å². The molecule has 35 heavy (non-hydrogen) atoms. The Morgan fingerprint density at radius 2 is 1.91 bits per heavy atom. The zero-order valence-corrected chi connectivity index (χ0v) is 19.0. The van der Waals surface area contributed by atoms with Gasteiger partial charge in [-0.2, -0.15) is 0 Å². The van der Waals surface area contributed by atoms with Crippen LogP contribution in [0.4, 0.5) is 13.9 Å². The summed E-state index contributed by atoms with van der Waals surface area (Å²) in [6.07, 6.45) is 1.42. The van der Waals surface area contributed by atoms with Crippen molar-refractivity contribution in [3.63, 3.8) is 0 Å². The maximum absolute atomic E-state index is 13.9. The molecule has 176 valence electrons. The maximum Gasteiger partial charge on any atom is 0.350 e. The molecule has 2 aromatic carbocycles. The number of halogens is 2. The minimum Gasteiger partial charge on any atom is -0.457 e. The van der Waals surface area contributed by atoms with Crippen LogP contribution in [0.2, 0.25) is 0 Å². The monoisotopic (exact) mass is 494 g/mol. The lowest BCUT2D eigenvalue weighted by molar-refractivity contribution is 0.0554. The van der Waals surface area contributed by atoms with Crippen LogP contribution in [0, 0.1) is 18.6 Å². The van der Waals surface area contributed by atoms with Gasteiger partial charge in [0.25, 0.3) is 5.91 Å². The van der Waals surface area contributed by atoms with Crippen molar-refractivity contribution in [2.45, 2.75) is 13.0 Å². The average Bonchev–Trinajstić information content (AvgIpc) is 3.36. The molecule has 0 bridgehead atoms. The third-order valence-electron chi connectivity index (χ3n) is 5.53. The molecule has 0 aliphatic carbocycles. The van der Waals surface area contributed by atoms with E-state index >= 15 is 0 Å². The van der Waals surface area contributed by atoms with Gasteiger partial charge in [-0.15, -0.1) is 0 Å². The van der Waals surface area contributed by atoms with Crippen molar-refractivity contribution in [3.8, 4) is 0 Å². The molecule has 1 amide bonds. The summed E-state index contributed by atoms with van der Waals surface area (Å²) < 4.78 is 38.4. The first-order valence-corrected chi connectivity index (χ1v) is 11.2. The molecule has 0 saturated heterocycles. The predicted octanol–water partition coefficient (Wildman–Crippen LogP) is 4.93. The topological polar surface area (TPSA) is 89.7 Å². The fourth-order valence-corrected chi connectivity index (χ4v) is 4.97. The molecule has 1 unspecified atom stereocenters. The Kier molecular flexibility index (Phi) is 5.52. The van der Waals surface area contributed by atoms with E-state index in [1.54, 1.807) is 6.92 Å². The Morgan fingerprint density at radius 1 is 1.20 bits per heavy atom. The predicted molar refractivity (Wildman–Crippen MR) is 125 cm³/mol. The van der Waals surface area contributed by atoms with Gasteiger partial charge in [0, 0.05) is 0 Å². The van der Waals surface area contributed by atoms with Crippen molar-refractivity contribution in [1.82, 2.24) is 4.98 Å². The summed E-state index contributed by atoms with van der Waals surface area (Å²) in [7, 11) is 0. The highest BCUT2D eigenvalue weighted by Crippen LogP contribution is 2.43. The number of nitrogens with zero attached hydrogens (tertiary/aromatic N) is 2. The lowest BCUT2D eigenvalue weighted by Crippen LogP contribution is -2.29. The number of aryl methyl sites for hydroxylation is 1. The van der Waals surface area contributed by atoms with Gasteiger partial charge in [-0.05, 0) is 42.8 Å². The Labute approximate surface area is 200 Å². The summed E-state index contributed by atoms with van der Waals surface area (Å²) in [5.41, 5.74) is 0.165. The van der Waals surface area contributed by atoms with E-state index in [2.05, 4.69) is 11.6 Å². The number of thiazole rings is 1. The summed E-state index contributed by atoms with van der Waals surface area (Å²) in [5.74, 6) is -2.68. The lowest BCUT2D eigenvalue weighted by Gasteiger charge is -2.22. The van der Waals surface area contributed by atoms with E-state index in [9.17, 15) is 23.2 Å². The summed E-state index contributed by atoms with van der Waals surface area (Å²) in [6, 6.07) is 7.66. The quantitative estimate of drug-likeness (QED) is 0.289. The Balaban J connectivity index is 1.72. The fraction of sp³-hybridized carbons (Fsp3) is 0.120. The van der Waals surface area contributed by atoms with Crippen molar-refractivity contribution in [2.24, 2.45) is 0 Å². The first kappa shape index (κ1) is 22.6. The van der Waals surface area contributed by atoms with Gasteiger partial charge < -0.3 is 9.15 Å². The molecule has 3 heterocycles. The number of carbonyl (C=O) groups excluding carboxylic acids is 2. The van der Waals surface area contributed by atoms with Crippen molar-refractivity contribution >= 4 is 39.3 Å². The summed E-state index contributed by atoms with van der Waals surface area (Å²) in [5, 5.41) is 0.0861. The van der Waals surface area contributed by atoms with Crippen LogP contribution in [0.15, 0.2) is 64.3 Å². The molecule has 7 nitrogen and oxygen atoms in total. The number of hydrogen-bond donors (Lipinski definition) is 0. The molecule has 2 aromatic heterocycles. The van der Waals surface area contributed by atoms with Crippen LogP contribution in [0.5, 0.6) is 0 Å². The Morgan fingerprint density at radius 3 is 2.63 bits per heavy atom. The van der Waals surface area contributed by atoms with Crippen LogP contribution in [0.25, 0.3) is 11.0 Å². The van der Waals surface area contributed by atoms with E-state index in [1.807, 2.05) is 0 Å². The third kappa shape index (κ3) is 3.71. The van der Waals surface area contributed by atoms with Gasteiger partial charge in [0.1, 0.15) is 28.7 Å². The second kappa shape index (κ2) is 8.55. The fourth-order valence-electron chi connectivity index (χ4n) is 3.98. The normalized spacial score (nSPS) is 14.9. The van der Waals surface area contributed by atoms with Crippen LogP contribution < -0.4 is 10.3 Å². The number of carbonyl (C=O) groups is 2. The first-order valence-electron chi connectivity index (χ1n) is 10.4. The number of ether oxygens (including phenoxy) is 1. The SMILES string of the molecule is C=CCOC(=O)c1sc(N2C(=O)c3oc4ccc(F)cc4c(=O)c3C2c2ccc(F)cc2)nc1C. The lowest BCUT2D eigenvalue weighted by atomic mass is 9.98. The van der Waals surface area contributed by atoms with E-state index < -0.39 is 35.0 Å². The van der Waals surface area contributed by atoms with Crippen LogP contribution in [0.1, 0.15) is 43.1 Å². The zero-order chi connectivity index (χ0) is 24.9. The molecule has 1 atom stereocenters. The minimum absolute atomic E-state index is 0.000627. The molecule has 0 spiro atoms. The number of fused-ring (bicyclic) bond motifs is 2. The second-order valence-corrected chi connectivity index (χ2v) is 8.72. The van der Waals surface area contributed by atoms with Gasteiger partial charge in [-0.25, -0.2) is 18.6 Å². The van der Waals surface area contributed by atoms with Gasteiger partial charge in [-0.3, -0.25) is 14.5 Å². The van der Waals surface area contributed by atoms with Gasteiger partial charge in [-0.1, -0.05) is 36.1 Å². The highest BCUT2D eigenvalue weighted by atomic mass is 32.1. The standard InChI is InChI=1S/C25H16F2N2O5S/c1-3-10-33-24(32)22-12(2)28-25(35-22)29-19(13-4-6-14(26)7-5-13)18-20(30)16-11-15(27)8-9-17(16)34-21(18)23(29)31/h3-9,11,19H,1,10H2,2H3. The largest absolute Gasteiger partial charge is 0.457 e. The molecular weight excluding hydrogens is 478 g/mol. The molecule has 4 aromatic rings. The summed E-state index contributed by atoms with van der Waals surface area (Å²) >= 11 is 0.911. The molecule has 0 fully saturated rings. The number of amides is 1. The maximum atomic E-state index is 13.9. The number of rotatable bonds is 5. The zero-order valence-electron chi connectivity index (χ0n) is 18.2. The molecule has 1 aliphatic heterocycles. The van der Waals surface area contributed by atoms with Crippen molar-refractivity contribution in [1.29, 1.82) is 0 Å². The average molecular weight is 494 g/mol. The summed E-state index contributed by atoms with van der Waals surface area (Å²) in [4.78, 5) is 45.2. The minimum atomic E-state index is -1.04. The van der Waals surface area contributed by atoms with Gasteiger partial charge in [0.15, 0.2) is 10.6 Å². The summed E-state index contributed by atoms with van der Waals surface area (Å²) in [6.45, 7) is 5.09. The van der Waals surface area contributed by atoms with E-state index in [1.165, 1.54) is 41.3 Å². The molecule has 5 rings (SSSR count). The Bertz CT molecular complexity index is 1580. The molecule has 1 aliphatic rings. The van der Waals surface area contributed by atoms with Crippen LogP contribution in [-0.2, 0) is 4.74 Å². The molecule has 0 N–H and O–H groups in total. The van der Waals surface area contributed by atoms with Gasteiger partial charge in [0.05, 0.1) is 22.7 Å². The number of benzene rings is 2. The van der Waals surface area contributed by atoms with Gasteiger partial charge >= 0.3 is 5.97 Å². The van der Waals surface area contributed by atoms with E-state index in [0.717, 1.165) is 23.5 Å². The van der Waals surface area contributed by atoms with Crippen LogP contribution >= 0.6 is 11.3 Å².